The average molecular weight is 190 g/mol. The van der Waals surface area contributed by atoms with Gasteiger partial charge >= 0.3 is 0 Å². The molecule has 1 unspecified atom stereocenters. The van der Waals surface area contributed by atoms with Crippen molar-refractivity contribution in [1.82, 2.24) is 0 Å². The summed E-state index contributed by atoms with van der Waals surface area (Å²) in [5, 5.41) is 9.14. The Hall–Kier alpha value is -1.08. The first-order valence-electron chi connectivity index (χ1n) is 5.08. The van der Waals surface area contributed by atoms with Gasteiger partial charge in [-0.15, -0.1) is 0 Å². The van der Waals surface area contributed by atoms with E-state index in [-0.39, 0.29) is 6.10 Å². The molecule has 0 aliphatic heterocycles. The van der Waals surface area contributed by atoms with E-state index in [0.29, 0.717) is 0 Å². The molecule has 0 saturated carbocycles. The molecule has 1 heteroatoms. The van der Waals surface area contributed by atoms with Crippen LogP contribution in [0.1, 0.15) is 25.8 Å². The minimum Gasteiger partial charge on any atom is -0.389 e. The van der Waals surface area contributed by atoms with Crippen LogP contribution in [0, 0.1) is 0 Å². The molecule has 1 nitrogen and oxygen atoms in total. The Morgan fingerprint density at radius 3 is 2.57 bits per heavy atom. The molecule has 0 spiro atoms. The number of aryl methyl sites for hydroxylation is 1. The van der Waals surface area contributed by atoms with Gasteiger partial charge in [0.15, 0.2) is 0 Å². The van der Waals surface area contributed by atoms with Gasteiger partial charge in [-0.1, -0.05) is 42.0 Å². The van der Waals surface area contributed by atoms with Crippen LogP contribution in [0.25, 0.3) is 0 Å². The molecule has 0 radical (unpaired) electrons. The van der Waals surface area contributed by atoms with Crippen molar-refractivity contribution in [1.29, 1.82) is 0 Å². The van der Waals surface area contributed by atoms with Gasteiger partial charge in [0.1, 0.15) is 0 Å². The van der Waals surface area contributed by atoms with Gasteiger partial charge in [-0.25, -0.2) is 0 Å². The first kappa shape index (κ1) is 11.0. The number of aliphatic hydroxyl groups is 1. The van der Waals surface area contributed by atoms with E-state index >= 15 is 0 Å². The largest absolute Gasteiger partial charge is 0.389 e. The molecule has 1 rings (SSSR count). The molecule has 0 saturated heterocycles. The Morgan fingerprint density at radius 1 is 1.36 bits per heavy atom. The summed E-state index contributed by atoms with van der Waals surface area (Å²) in [4.78, 5) is 0. The Bertz CT molecular complexity index is 285. The third-order valence-electron chi connectivity index (χ3n) is 2.18. The van der Waals surface area contributed by atoms with Gasteiger partial charge in [-0.2, -0.15) is 0 Å². The summed E-state index contributed by atoms with van der Waals surface area (Å²) < 4.78 is 0. The predicted molar refractivity (Wildman–Crippen MR) is 60.2 cm³/mol. The second-order valence-electron chi connectivity index (χ2n) is 3.74. The quantitative estimate of drug-likeness (QED) is 0.724. The average Bonchev–Trinajstić information content (AvgIpc) is 2.15. The van der Waals surface area contributed by atoms with Crippen LogP contribution in [0.5, 0.6) is 0 Å². The molecule has 0 fully saturated rings. The van der Waals surface area contributed by atoms with E-state index < -0.39 is 0 Å². The Kier molecular flexibility index (Phi) is 4.41. The standard InChI is InChI=1S/C13H18O/c1-11(10-12(2)14)8-9-13-6-4-3-5-7-13/h3-7,10,12,14H,8-9H2,1-2H3/b11-10-. The van der Waals surface area contributed by atoms with Crippen molar-refractivity contribution in [3.05, 3.63) is 47.5 Å². The second-order valence-corrected chi connectivity index (χ2v) is 3.74. The van der Waals surface area contributed by atoms with Crippen LogP contribution in [0.4, 0.5) is 0 Å². The van der Waals surface area contributed by atoms with Crippen molar-refractivity contribution in [2.75, 3.05) is 0 Å². The highest BCUT2D eigenvalue weighted by Crippen LogP contribution is 2.09. The lowest BCUT2D eigenvalue weighted by molar-refractivity contribution is 0.243. The SMILES string of the molecule is C/C(=C/C(C)O)CCc1ccccc1. The topological polar surface area (TPSA) is 20.2 Å². The van der Waals surface area contributed by atoms with Crippen molar-refractivity contribution < 1.29 is 5.11 Å². The third-order valence-corrected chi connectivity index (χ3v) is 2.18. The predicted octanol–water partition coefficient (Wildman–Crippen LogP) is 2.95. The molecule has 0 aliphatic carbocycles. The number of aliphatic hydroxyl groups excluding tert-OH is 1. The van der Waals surface area contributed by atoms with Gasteiger partial charge in [0.25, 0.3) is 0 Å². The lowest BCUT2D eigenvalue weighted by atomic mass is 10.0. The molecule has 1 aromatic rings. The number of hydrogen-bond acceptors (Lipinski definition) is 1. The highest BCUT2D eigenvalue weighted by atomic mass is 16.3. The summed E-state index contributed by atoms with van der Waals surface area (Å²) in [7, 11) is 0. The maximum atomic E-state index is 9.14. The van der Waals surface area contributed by atoms with Crippen LogP contribution in [0.15, 0.2) is 42.0 Å². The first-order valence-corrected chi connectivity index (χ1v) is 5.08. The number of benzene rings is 1. The highest BCUT2D eigenvalue weighted by molar-refractivity contribution is 5.16. The van der Waals surface area contributed by atoms with Crippen molar-refractivity contribution in [3.8, 4) is 0 Å². The molecule has 14 heavy (non-hydrogen) atoms. The van der Waals surface area contributed by atoms with Gasteiger partial charge in [0.05, 0.1) is 6.10 Å². The van der Waals surface area contributed by atoms with Gasteiger partial charge in [-0.05, 0) is 32.3 Å². The molecule has 0 heterocycles. The fourth-order valence-corrected chi connectivity index (χ4v) is 1.48. The van der Waals surface area contributed by atoms with Gasteiger partial charge < -0.3 is 5.11 Å². The van der Waals surface area contributed by atoms with E-state index in [9.17, 15) is 0 Å². The van der Waals surface area contributed by atoms with Crippen LogP contribution in [-0.4, -0.2) is 11.2 Å². The maximum absolute atomic E-state index is 9.14. The van der Waals surface area contributed by atoms with E-state index in [2.05, 4.69) is 31.2 Å². The van der Waals surface area contributed by atoms with E-state index in [4.69, 9.17) is 5.11 Å². The molecule has 1 N–H and O–H groups in total. The second kappa shape index (κ2) is 5.61. The lowest BCUT2D eigenvalue weighted by Gasteiger charge is -2.03. The summed E-state index contributed by atoms with van der Waals surface area (Å²) in [5.41, 5.74) is 2.61. The zero-order chi connectivity index (χ0) is 10.4. The first-order chi connectivity index (χ1) is 6.68. The molecule has 0 aromatic heterocycles. The zero-order valence-electron chi connectivity index (χ0n) is 8.90. The van der Waals surface area contributed by atoms with E-state index in [1.807, 2.05) is 12.1 Å². The van der Waals surface area contributed by atoms with Crippen molar-refractivity contribution in [2.24, 2.45) is 0 Å². The molecular formula is C13H18O. The van der Waals surface area contributed by atoms with Crippen LogP contribution in [0.2, 0.25) is 0 Å². The third kappa shape index (κ3) is 4.24. The van der Waals surface area contributed by atoms with Crippen molar-refractivity contribution >= 4 is 0 Å². The zero-order valence-corrected chi connectivity index (χ0v) is 8.90. The molecule has 1 atom stereocenters. The smallest absolute Gasteiger partial charge is 0.0695 e. The van der Waals surface area contributed by atoms with E-state index in [1.54, 1.807) is 6.92 Å². The summed E-state index contributed by atoms with van der Waals surface area (Å²) in [5.74, 6) is 0. The Labute approximate surface area is 86.1 Å². The molecular weight excluding hydrogens is 172 g/mol. The number of rotatable bonds is 4. The lowest BCUT2D eigenvalue weighted by Crippen LogP contribution is -1.95. The summed E-state index contributed by atoms with van der Waals surface area (Å²) >= 11 is 0. The summed E-state index contributed by atoms with van der Waals surface area (Å²) in [6.45, 7) is 3.85. The van der Waals surface area contributed by atoms with Gasteiger partial charge in [0.2, 0.25) is 0 Å². The van der Waals surface area contributed by atoms with E-state index in [1.165, 1.54) is 11.1 Å². The molecule has 76 valence electrons. The van der Waals surface area contributed by atoms with Crippen LogP contribution >= 0.6 is 0 Å². The highest BCUT2D eigenvalue weighted by Gasteiger charge is 1.95. The van der Waals surface area contributed by atoms with Gasteiger partial charge in [0, 0.05) is 0 Å². The molecule has 0 aliphatic rings. The Morgan fingerprint density at radius 2 is 2.00 bits per heavy atom. The minimum atomic E-state index is -0.328. The van der Waals surface area contributed by atoms with Crippen LogP contribution in [0.3, 0.4) is 0 Å². The summed E-state index contributed by atoms with van der Waals surface area (Å²) in [6.07, 6.45) is 3.65. The maximum Gasteiger partial charge on any atom is 0.0695 e. The normalized spacial score (nSPS) is 14.1. The van der Waals surface area contributed by atoms with Crippen molar-refractivity contribution in [2.45, 2.75) is 32.8 Å². The monoisotopic (exact) mass is 190 g/mol. The Balaban J connectivity index is 2.42. The molecule has 1 aromatic carbocycles. The fraction of sp³-hybridized carbons (Fsp3) is 0.385. The van der Waals surface area contributed by atoms with Gasteiger partial charge in [-0.3, -0.25) is 0 Å². The number of allylic oxidation sites excluding steroid dienone is 1. The summed E-state index contributed by atoms with van der Waals surface area (Å²) in [6, 6.07) is 10.4. The fourth-order valence-electron chi connectivity index (χ4n) is 1.48. The molecule has 0 amide bonds. The van der Waals surface area contributed by atoms with E-state index in [0.717, 1.165) is 12.8 Å². The number of hydrogen-bond donors (Lipinski definition) is 1. The molecule has 0 bridgehead atoms. The van der Waals surface area contributed by atoms with Crippen molar-refractivity contribution in [3.63, 3.8) is 0 Å². The minimum absolute atomic E-state index is 0.328. The van der Waals surface area contributed by atoms with Crippen LogP contribution < -0.4 is 0 Å². The van der Waals surface area contributed by atoms with Crippen LogP contribution in [-0.2, 0) is 6.42 Å².